The molecule has 0 aliphatic heterocycles. The monoisotopic (exact) mass is 242 g/mol. The molecule has 2 aromatic rings. The fourth-order valence-corrected chi connectivity index (χ4v) is 2.41. The van der Waals surface area contributed by atoms with E-state index in [9.17, 15) is 0 Å². The molecule has 2 aliphatic rings. The van der Waals surface area contributed by atoms with Crippen LogP contribution in [-0.2, 0) is 0 Å². The van der Waals surface area contributed by atoms with Crippen molar-refractivity contribution in [3.8, 4) is 0 Å². The van der Waals surface area contributed by atoms with Crippen LogP contribution in [0.4, 0.5) is 0 Å². The molecule has 0 radical (unpaired) electrons. The van der Waals surface area contributed by atoms with E-state index in [2.05, 4.69) is 24.3 Å². The molecule has 2 aliphatic carbocycles. The van der Waals surface area contributed by atoms with Crippen LogP contribution in [0.5, 0.6) is 0 Å². The topological polar surface area (TPSA) is 13.1 Å². The minimum Gasteiger partial charge on any atom is -0.456 e. The number of benzene rings is 1. The first-order chi connectivity index (χ1) is 8.92. The van der Waals surface area contributed by atoms with Crippen molar-refractivity contribution in [1.29, 1.82) is 0 Å². The highest BCUT2D eigenvalue weighted by Gasteiger charge is 2.35. The van der Waals surface area contributed by atoms with E-state index in [1.165, 1.54) is 17.0 Å². The SMILES string of the molecule is C1=c2oc3ccccc3c2=CC2CC12.CC.CC. The molecule has 0 spiro atoms. The molecule has 1 saturated carbocycles. The Morgan fingerprint density at radius 1 is 0.944 bits per heavy atom. The summed E-state index contributed by atoms with van der Waals surface area (Å²) in [6, 6.07) is 8.29. The Kier molecular flexibility index (Phi) is 3.90. The van der Waals surface area contributed by atoms with Crippen molar-refractivity contribution in [2.24, 2.45) is 11.8 Å². The molecule has 4 rings (SSSR count). The fraction of sp³-hybridized carbons (Fsp3) is 0.412. The highest BCUT2D eigenvalue weighted by atomic mass is 16.3. The van der Waals surface area contributed by atoms with E-state index in [1.807, 2.05) is 39.8 Å². The zero-order valence-electron chi connectivity index (χ0n) is 11.7. The van der Waals surface area contributed by atoms with Gasteiger partial charge in [0.25, 0.3) is 0 Å². The summed E-state index contributed by atoms with van der Waals surface area (Å²) < 4.78 is 5.80. The predicted molar refractivity (Wildman–Crippen MR) is 78.7 cm³/mol. The van der Waals surface area contributed by atoms with E-state index in [-0.39, 0.29) is 0 Å². The molecule has 1 heterocycles. The number of fused-ring (bicyclic) bond motifs is 4. The summed E-state index contributed by atoms with van der Waals surface area (Å²) >= 11 is 0. The van der Waals surface area contributed by atoms with Crippen LogP contribution in [0.25, 0.3) is 23.1 Å². The van der Waals surface area contributed by atoms with Crippen LogP contribution in [0.15, 0.2) is 28.7 Å². The number of furan rings is 1. The molecule has 0 amide bonds. The molecule has 1 heteroatoms. The fourth-order valence-electron chi connectivity index (χ4n) is 2.41. The third kappa shape index (κ3) is 2.10. The molecule has 1 aromatic heterocycles. The van der Waals surface area contributed by atoms with Crippen LogP contribution in [-0.4, -0.2) is 0 Å². The first-order valence-corrected chi connectivity index (χ1v) is 7.13. The summed E-state index contributed by atoms with van der Waals surface area (Å²) in [5, 5.41) is 2.59. The van der Waals surface area contributed by atoms with Gasteiger partial charge in [-0.15, -0.1) is 0 Å². The summed E-state index contributed by atoms with van der Waals surface area (Å²) in [6.45, 7) is 8.00. The van der Waals surface area contributed by atoms with Crippen LogP contribution >= 0.6 is 0 Å². The minimum absolute atomic E-state index is 0.767. The number of para-hydroxylation sites is 1. The van der Waals surface area contributed by atoms with Gasteiger partial charge < -0.3 is 4.42 Å². The second kappa shape index (κ2) is 5.43. The summed E-state index contributed by atoms with van der Waals surface area (Å²) in [6.07, 6.45) is 5.99. The van der Waals surface area contributed by atoms with Crippen molar-refractivity contribution in [3.63, 3.8) is 0 Å². The molecular weight excluding hydrogens is 220 g/mol. The van der Waals surface area contributed by atoms with Crippen LogP contribution in [0.1, 0.15) is 34.1 Å². The van der Waals surface area contributed by atoms with Gasteiger partial charge in [0, 0.05) is 10.6 Å². The van der Waals surface area contributed by atoms with Crippen molar-refractivity contribution in [2.75, 3.05) is 0 Å². The van der Waals surface area contributed by atoms with Crippen molar-refractivity contribution in [1.82, 2.24) is 0 Å². The lowest BCUT2D eigenvalue weighted by atomic mass is 10.1. The molecule has 0 N–H and O–H groups in total. The number of rotatable bonds is 0. The normalized spacial score (nSPS) is 22.0. The third-order valence-corrected chi connectivity index (χ3v) is 3.30. The molecule has 0 saturated heterocycles. The van der Waals surface area contributed by atoms with Gasteiger partial charge in [-0.05, 0) is 30.4 Å². The average Bonchev–Trinajstić information content (AvgIpc) is 3.12. The van der Waals surface area contributed by atoms with E-state index in [0.29, 0.717) is 0 Å². The number of hydrogen-bond acceptors (Lipinski definition) is 1. The summed E-state index contributed by atoms with van der Waals surface area (Å²) in [5.74, 6) is 1.56. The lowest BCUT2D eigenvalue weighted by molar-refractivity contribution is 0.571. The van der Waals surface area contributed by atoms with Gasteiger partial charge in [0.15, 0.2) is 0 Å². The predicted octanol–water partition coefficient (Wildman–Crippen LogP) is 3.70. The van der Waals surface area contributed by atoms with Gasteiger partial charge in [-0.3, -0.25) is 0 Å². The Balaban J connectivity index is 0.000000277. The van der Waals surface area contributed by atoms with Crippen molar-refractivity contribution in [3.05, 3.63) is 34.9 Å². The highest BCUT2D eigenvalue weighted by Crippen LogP contribution is 2.42. The van der Waals surface area contributed by atoms with Gasteiger partial charge in [-0.1, -0.05) is 52.0 Å². The zero-order chi connectivity index (χ0) is 13.1. The van der Waals surface area contributed by atoms with Gasteiger partial charge in [0.1, 0.15) is 11.0 Å². The van der Waals surface area contributed by atoms with Crippen molar-refractivity contribution < 1.29 is 4.42 Å². The summed E-state index contributed by atoms with van der Waals surface area (Å²) in [4.78, 5) is 0. The summed E-state index contributed by atoms with van der Waals surface area (Å²) in [7, 11) is 0. The maximum Gasteiger partial charge on any atom is 0.135 e. The standard InChI is InChI=1S/C13H10O.2C2H6/c1-2-4-12-10(3-1)11-6-8-5-9(8)7-13(11)14-12;2*1-2/h1-4,6-9H,5H2;2*1-2H3. The highest BCUT2D eigenvalue weighted by molar-refractivity contribution is 5.80. The van der Waals surface area contributed by atoms with Crippen LogP contribution in [0.3, 0.4) is 0 Å². The maximum absolute atomic E-state index is 5.80. The van der Waals surface area contributed by atoms with E-state index >= 15 is 0 Å². The van der Waals surface area contributed by atoms with Crippen molar-refractivity contribution >= 4 is 23.1 Å². The van der Waals surface area contributed by atoms with Gasteiger partial charge in [0.05, 0.1) is 0 Å². The van der Waals surface area contributed by atoms with Crippen LogP contribution in [0, 0.1) is 11.8 Å². The van der Waals surface area contributed by atoms with Crippen LogP contribution < -0.4 is 10.6 Å². The molecular formula is C17H22O. The minimum atomic E-state index is 0.767. The smallest absolute Gasteiger partial charge is 0.135 e. The lowest BCUT2D eigenvalue weighted by Crippen LogP contribution is -2.22. The van der Waals surface area contributed by atoms with E-state index in [4.69, 9.17) is 4.42 Å². The van der Waals surface area contributed by atoms with Gasteiger partial charge in [-0.2, -0.15) is 0 Å². The Hall–Kier alpha value is -1.50. The van der Waals surface area contributed by atoms with Gasteiger partial charge in [-0.25, -0.2) is 0 Å². The van der Waals surface area contributed by atoms with E-state index in [1.54, 1.807) is 0 Å². The number of hydrogen-bond donors (Lipinski definition) is 0. The lowest BCUT2D eigenvalue weighted by Gasteiger charge is -1.90. The summed E-state index contributed by atoms with van der Waals surface area (Å²) in [5.41, 5.74) is 2.11. The molecule has 1 nitrogen and oxygen atoms in total. The zero-order valence-corrected chi connectivity index (χ0v) is 11.7. The Bertz CT molecular complexity index is 633. The Labute approximate surface area is 109 Å². The average molecular weight is 242 g/mol. The quantitative estimate of drug-likeness (QED) is 0.686. The second-order valence-corrected chi connectivity index (χ2v) is 4.27. The molecule has 1 fully saturated rings. The third-order valence-electron chi connectivity index (χ3n) is 3.30. The van der Waals surface area contributed by atoms with E-state index in [0.717, 1.165) is 22.8 Å². The van der Waals surface area contributed by atoms with Gasteiger partial charge >= 0.3 is 0 Å². The first kappa shape index (κ1) is 12.9. The molecule has 2 atom stereocenters. The molecule has 0 bridgehead atoms. The van der Waals surface area contributed by atoms with E-state index < -0.39 is 0 Å². The van der Waals surface area contributed by atoms with Crippen LogP contribution in [0.2, 0.25) is 0 Å². The van der Waals surface area contributed by atoms with Gasteiger partial charge in [0.2, 0.25) is 0 Å². The van der Waals surface area contributed by atoms with Crippen molar-refractivity contribution in [2.45, 2.75) is 34.1 Å². The molecule has 2 unspecified atom stereocenters. The maximum atomic E-state index is 5.80. The molecule has 96 valence electrons. The second-order valence-electron chi connectivity index (χ2n) is 4.27. The molecule has 18 heavy (non-hydrogen) atoms. The Morgan fingerprint density at radius 3 is 2.39 bits per heavy atom. The largest absolute Gasteiger partial charge is 0.456 e. The Morgan fingerprint density at radius 2 is 1.61 bits per heavy atom. The first-order valence-electron chi connectivity index (χ1n) is 7.13. The molecule has 1 aromatic carbocycles.